The number of methoxy groups -OCH3 is 1. The van der Waals surface area contributed by atoms with Gasteiger partial charge in [0.2, 0.25) is 10.0 Å². The zero-order valence-electron chi connectivity index (χ0n) is 45.0. The zero-order valence-corrected chi connectivity index (χ0v) is 51.2. The van der Waals surface area contributed by atoms with Gasteiger partial charge < -0.3 is 64.2 Å². The van der Waals surface area contributed by atoms with Crippen LogP contribution in [0.4, 0.5) is 4.79 Å². The summed E-state index contributed by atoms with van der Waals surface area (Å²) in [4.78, 5) is 26.7. The molecule has 0 fully saturated rings. The van der Waals surface area contributed by atoms with Crippen LogP contribution in [0.3, 0.4) is 0 Å². The number of halogens is 6. The van der Waals surface area contributed by atoms with E-state index in [0.29, 0.717) is 103 Å². The Balaban J connectivity index is 0.000000433. The Hall–Kier alpha value is -2.82. The standard InChI is InChI=1S/C33H48Cl2N4O6S.C22H27Cl2NO4S.2ClH/c1-3-13-36-33(41)37-14-6-4-5-10-27(40)11-8-16-44-18-19-45-17-15-38-46(42,43)28-12-7-9-25(20-28)30-23-39(2)24-31-29(30)21-26(34)22-32(31)35;1-25-14-20(19-12-17(23)13-22(24)21(19)15-25)16-5-3-6-18(11-16)30(26,27)10-4-7-29-9-8-28-2;;/h7,9,12,20-22,30,38H,3-6,8,10-11,13-19,23-24H2,1-2H3,(H2,36,37,41);3,5-6,11-13,20H,4,7-10,14-15H2,1-2H3;2*1H/t30-;20-;;/m00../s1. The molecule has 0 spiro atoms. The normalized spacial score (nSPS) is 16.8. The second kappa shape index (κ2) is 35.9. The Labute approximate surface area is 495 Å². The lowest BCUT2D eigenvalue weighted by Crippen LogP contribution is -3.09. The van der Waals surface area contributed by atoms with Crippen molar-refractivity contribution >= 4 is 78.1 Å². The van der Waals surface area contributed by atoms with Gasteiger partial charge >= 0.3 is 6.03 Å². The zero-order chi connectivity index (χ0) is 55.1. The number of carbonyl (C=O) groups excluding carboxylic acids is 2. The Morgan fingerprint density at radius 1 is 0.603 bits per heavy atom. The maximum absolute atomic E-state index is 13.0. The number of urea groups is 1. The molecule has 436 valence electrons. The van der Waals surface area contributed by atoms with Crippen LogP contribution in [0.1, 0.15) is 104 Å². The molecule has 2 aliphatic rings. The highest BCUT2D eigenvalue weighted by atomic mass is 35.5. The SMILES string of the molecule is CCCNC(=O)NCCCCCC(=O)CCCOCCOCCNS(=O)(=O)c1cccc([C@@H]2C[NH+](C)Cc3c(Cl)cc(Cl)cc32)c1.COCCOCCCS(=O)(=O)c1cccc([C@@H]2C[NH+](C)Cc3c(Cl)cc(Cl)cc32)c1.[Cl-].[Cl-]. The van der Waals surface area contributed by atoms with Gasteiger partial charge in [0.05, 0.1) is 97.6 Å². The lowest BCUT2D eigenvalue weighted by Gasteiger charge is -2.31. The Morgan fingerprint density at radius 2 is 1.12 bits per heavy atom. The summed E-state index contributed by atoms with van der Waals surface area (Å²) in [5, 5.41) is 8.04. The molecule has 4 atom stereocenters. The Bertz CT molecular complexity index is 2730. The van der Waals surface area contributed by atoms with Crippen LogP contribution in [0, 0.1) is 0 Å². The molecule has 23 heteroatoms. The largest absolute Gasteiger partial charge is 1.00 e. The molecule has 2 aliphatic heterocycles. The second-order valence-electron chi connectivity index (χ2n) is 19.4. The Morgan fingerprint density at radius 3 is 1.69 bits per heavy atom. The Kier molecular flexibility index (Phi) is 32.0. The molecule has 78 heavy (non-hydrogen) atoms. The van der Waals surface area contributed by atoms with Crippen LogP contribution in [0.15, 0.2) is 82.6 Å². The average Bonchev–Trinajstić information content (AvgIpc) is 3.39. The maximum Gasteiger partial charge on any atom is 0.314 e. The van der Waals surface area contributed by atoms with E-state index in [1.807, 2.05) is 37.3 Å². The third-order valence-corrected chi connectivity index (χ3v) is 17.5. The monoisotopic (exact) mass is 1240 g/mol. The molecular formula is C55H77Cl6N5O10S2. The van der Waals surface area contributed by atoms with Crippen molar-refractivity contribution in [3.63, 3.8) is 0 Å². The third-order valence-electron chi connectivity index (χ3n) is 13.1. The first-order chi connectivity index (χ1) is 36.4. The fourth-order valence-corrected chi connectivity index (χ4v) is 12.9. The van der Waals surface area contributed by atoms with Crippen molar-refractivity contribution in [2.75, 3.05) is 106 Å². The van der Waals surface area contributed by atoms with Crippen molar-refractivity contribution in [3.8, 4) is 0 Å². The number of ether oxygens (including phenoxy) is 4. The number of rotatable bonds is 30. The summed E-state index contributed by atoms with van der Waals surface area (Å²) in [6.07, 6.45) is 5.60. The van der Waals surface area contributed by atoms with Gasteiger partial charge in [-0.05, 0) is 103 Å². The predicted molar refractivity (Wildman–Crippen MR) is 301 cm³/mol. The van der Waals surface area contributed by atoms with Gasteiger partial charge in [-0.3, -0.25) is 4.79 Å². The molecule has 15 nitrogen and oxygen atoms in total. The van der Waals surface area contributed by atoms with Crippen molar-refractivity contribution < 1.29 is 80.0 Å². The number of benzene rings is 4. The minimum atomic E-state index is -3.73. The average molecular weight is 1250 g/mol. The van der Waals surface area contributed by atoms with Crippen LogP contribution >= 0.6 is 46.4 Å². The number of hydrogen-bond acceptors (Lipinski definition) is 10. The van der Waals surface area contributed by atoms with Gasteiger partial charge in [0, 0.05) is 74.0 Å². The predicted octanol–water partition coefficient (Wildman–Crippen LogP) is 1.07. The number of fused-ring (bicyclic) bond motifs is 2. The van der Waals surface area contributed by atoms with E-state index in [1.54, 1.807) is 49.6 Å². The van der Waals surface area contributed by atoms with E-state index in [0.717, 1.165) is 85.2 Å². The number of Topliss-reactive ketones (excluding diaryl/α,β-unsaturated/α-hetero) is 1. The van der Waals surface area contributed by atoms with Gasteiger partial charge in [0.15, 0.2) is 9.84 Å². The molecule has 4 aromatic rings. The van der Waals surface area contributed by atoms with Crippen molar-refractivity contribution in [1.82, 2.24) is 15.4 Å². The number of unbranched alkanes of at least 4 members (excludes halogenated alkanes) is 2. The molecule has 0 aromatic heterocycles. The van der Waals surface area contributed by atoms with E-state index < -0.39 is 19.9 Å². The first-order valence-corrected chi connectivity index (χ1v) is 30.8. The van der Waals surface area contributed by atoms with Gasteiger partial charge in [-0.15, -0.1) is 0 Å². The summed E-state index contributed by atoms with van der Waals surface area (Å²) < 4.78 is 75.7. The minimum absolute atomic E-state index is 0. The van der Waals surface area contributed by atoms with E-state index in [1.165, 1.54) is 9.80 Å². The van der Waals surface area contributed by atoms with Gasteiger partial charge in [-0.25, -0.2) is 26.4 Å². The molecule has 2 unspecified atom stereocenters. The quantitative estimate of drug-likeness (QED) is 0.0474. The molecule has 5 N–H and O–H groups in total. The molecule has 2 heterocycles. The van der Waals surface area contributed by atoms with Crippen molar-refractivity contribution in [2.45, 2.75) is 93.0 Å². The van der Waals surface area contributed by atoms with Crippen LogP contribution in [0.5, 0.6) is 0 Å². The first-order valence-electron chi connectivity index (χ1n) is 26.2. The summed E-state index contributed by atoms with van der Waals surface area (Å²) in [6, 6.07) is 21.5. The number of amides is 2. The molecule has 0 saturated heterocycles. The smallest absolute Gasteiger partial charge is 0.314 e. The van der Waals surface area contributed by atoms with Gasteiger partial charge in [-0.2, -0.15) is 0 Å². The van der Waals surface area contributed by atoms with Crippen molar-refractivity contribution in [1.29, 1.82) is 0 Å². The summed E-state index contributed by atoms with van der Waals surface area (Å²) >= 11 is 25.5. The number of carbonyl (C=O) groups is 2. The molecular weight excluding hydrogens is 1170 g/mol. The van der Waals surface area contributed by atoms with Crippen LogP contribution in [-0.2, 0) is 56.7 Å². The molecule has 0 bridgehead atoms. The van der Waals surface area contributed by atoms with E-state index in [4.69, 9.17) is 65.4 Å². The number of ketones is 1. The van der Waals surface area contributed by atoms with E-state index >= 15 is 0 Å². The van der Waals surface area contributed by atoms with Crippen LogP contribution in [0.25, 0.3) is 0 Å². The van der Waals surface area contributed by atoms with Crippen molar-refractivity contribution in [2.24, 2.45) is 0 Å². The molecule has 6 rings (SSSR count). The summed E-state index contributed by atoms with van der Waals surface area (Å²) in [5.41, 5.74) is 6.11. The molecule has 0 radical (unpaired) electrons. The lowest BCUT2D eigenvalue weighted by molar-refractivity contribution is -0.897. The molecule has 2 amide bonds. The highest BCUT2D eigenvalue weighted by Gasteiger charge is 2.32. The van der Waals surface area contributed by atoms with Crippen molar-refractivity contribution in [3.05, 3.63) is 126 Å². The van der Waals surface area contributed by atoms with E-state index in [-0.39, 0.29) is 72.3 Å². The summed E-state index contributed by atoms with van der Waals surface area (Å²) in [7, 11) is -1.31. The molecule has 0 saturated carbocycles. The second-order valence-corrected chi connectivity index (χ2v) is 24.9. The van der Waals surface area contributed by atoms with E-state index in [2.05, 4.69) is 29.5 Å². The number of sulfonamides is 1. The minimum Gasteiger partial charge on any atom is -1.00 e. The maximum atomic E-state index is 13.0. The first kappa shape index (κ1) is 69.4. The summed E-state index contributed by atoms with van der Waals surface area (Å²) in [6.45, 7) is 9.41. The number of hydrogen-bond donors (Lipinski definition) is 5. The molecule has 4 aromatic carbocycles. The molecule has 0 aliphatic carbocycles. The van der Waals surface area contributed by atoms with Crippen LogP contribution in [-0.4, -0.2) is 135 Å². The number of nitrogens with one attached hydrogen (secondary N) is 5. The fourth-order valence-electron chi connectivity index (χ4n) is 9.31. The lowest BCUT2D eigenvalue weighted by atomic mass is 9.85. The number of sulfone groups is 1. The number of quaternary nitrogens is 2. The third kappa shape index (κ3) is 22.8. The van der Waals surface area contributed by atoms with Crippen LogP contribution in [0.2, 0.25) is 20.1 Å². The van der Waals surface area contributed by atoms with Gasteiger partial charge in [-0.1, -0.05) is 84.0 Å². The van der Waals surface area contributed by atoms with E-state index in [9.17, 15) is 26.4 Å². The summed E-state index contributed by atoms with van der Waals surface area (Å²) in [5.74, 6) is 0.281. The highest BCUT2D eigenvalue weighted by Crippen LogP contribution is 2.37. The van der Waals surface area contributed by atoms with Crippen LogP contribution < -0.4 is 50.0 Å². The van der Waals surface area contributed by atoms with Gasteiger partial charge in [0.1, 0.15) is 18.9 Å². The topological polar surface area (TPSA) is 184 Å². The fraction of sp³-hybridized carbons (Fsp3) is 0.527. The number of likely N-dealkylation sites (N-methyl/N-ethyl adjacent to an activating group) is 2. The van der Waals surface area contributed by atoms with Gasteiger partial charge in [0.25, 0.3) is 0 Å². The highest BCUT2D eigenvalue weighted by molar-refractivity contribution is 7.91.